The number of amides is 1. The number of halogens is 2. The average molecular weight is 284 g/mol. The van der Waals surface area contributed by atoms with Gasteiger partial charge in [0.25, 0.3) is 5.91 Å². The Morgan fingerprint density at radius 2 is 2.00 bits per heavy atom. The molecule has 1 amide bonds. The van der Waals surface area contributed by atoms with Crippen molar-refractivity contribution in [1.29, 1.82) is 0 Å². The Labute approximate surface area is 116 Å². The number of hydrogen-bond acceptors (Lipinski definition) is 3. The van der Waals surface area contributed by atoms with Crippen molar-refractivity contribution in [3.05, 3.63) is 29.3 Å². The predicted octanol–water partition coefficient (Wildman–Crippen LogP) is 1.99. The van der Waals surface area contributed by atoms with Gasteiger partial charge in [0.2, 0.25) is 0 Å². The van der Waals surface area contributed by atoms with Crippen LogP contribution in [0.25, 0.3) is 0 Å². The molecule has 1 saturated heterocycles. The highest BCUT2D eigenvalue weighted by atomic mass is 19.1. The molecule has 1 aromatic rings. The lowest BCUT2D eigenvalue weighted by atomic mass is 9.94. The molecule has 20 heavy (non-hydrogen) atoms. The van der Waals surface area contributed by atoms with Crippen molar-refractivity contribution in [3.8, 4) is 0 Å². The number of carbonyl (C=O) groups is 1. The largest absolute Gasteiger partial charge is 0.388 e. The van der Waals surface area contributed by atoms with Crippen LogP contribution in [0.5, 0.6) is 0 Å². The van der Waals surface area contributed by atoms with Crippen LogP contribution >= 0.6 is 0 Å². The van der Waals surface area contributed by atoms with E-state index in [-0.39, 0.29) is 17.8 Å². The number of rotatable bonds is 2. The summed E-state index contributed by atoms with van der Waals surface area (Å²) in [6.45, 7) is 2.30. The summed E-state index contributed by atoms with van der Waals surface area (Å²) in [5.41, 5.74) is -1.25. The third-order valence-electron chi connectivity index (χ3n) is 3.50. The molecule has 1 aliphatic heterocycles. The Morgan fingerprint density at radius 1 is 1.40 bits per heavy atom. The van der Waals surface area contributed by atoms with E-state index in [4.69, 9.17) is 0 Å². The van der Waals surface area contributed by atoms with Gasteiger partial charge in [0.05, 0.1) is 5.60 Å². The van der Waals surface area contributed by atoms with Gasteiger partial charge in [0, 0.05) is 25.7 Å². The maximum Gasteiger partial charge on any atom is 0.254 e. The third-order valence-corrected chi connectivity index (χ3v) is 3.50. The second kappa shape index (κ2) is 5.36. The molecule has 2 N–H and O–H groups in total. The van der Waals surface area contributed by atoms with Gasteiger partial charge in [0.1, 0.15) is 17.3 Å². The summed E-state index contributed by atoms with van der Waals surface area (Å²) in [6.07, 6.45) is 1.27. The van der Waals surface area contributed by atoms with Crippen molar-refractivity contribution in [2.75, 3.05) is 25.5 Å². The van der Waals surface area contributed by atoms with Gasteiger partial charge in [-0.15, -0.1) is 0 Å². The summed E-state index contributed by atoms with van der Waals surface area (Å²) in [5.74, 6) is -2.08. The maximum atomic E-state index is 13.7. The van der Waals surface area contributed by atoms with Crippen LogP contribution in [0.3, 0.4) is 0 Å². The van der Waals surface area contributed by atoms with Crippen LogP contribution < -0.4 is 5.32 Å². The van der Waals surface area contributed by atoms with Gasteiger partial charge in [-0.1, -0.05) is 0 Å². The maximum absolute atomic E-state index is 13.7. The zero-order valence-corrected chi connectivity index (χ0v) is 11.5. The van der Waals surface area contributed by atoms with Gasteiger partial charge in [-0.25, -0.2) is 8.78 Å². The van der Waals surface area contributed by atoms with Crippen molar-refractivity contribution in [2.45, 2.75) is 25.4 Å². The number of piperidine rings is 1. The molecule has 0 aliphatic carbocycles. The summed E-state index contributed by atoms with van der Waals surface area (Å²) in [4.78, 5) is 13.7. The van der Waals surface area contributed by atoms with E-state index in [9.17, 15) is 18.7 Å². The first kappa shape index (κ1) is 14.7. The molecular weight excluding hydrogens is 266 g/mol. The van der Waals surface area contributed by atoms with Crippen LogP contribution in [0, 0.1) is 11.6 Å². The van der Waals surface area contributed by atoms with Crippen molar-refractivity contribution < 1.29 is 18.7 Å². The minimum Gasteiger partial charge on any atom is -0.388 e. The van der Waals surface area contributed by atoms with Crippen LogP contribution in [0.2, 0.25) is 0 Å². The third kappa shape index (κ3) is 2.90. The fraction of sp³-hybridized carbons (Fsp3) is 0.500. The lowest BCUT2D eigenvalue weighted by molar-refractivity contribution is -0.0107. The molecule has 110 valence electrons. The topological polar surface area (TPSA) is 52.6 Å². The van der Waals surface area contributed by atoms with Gasteiger partial charge >= 0.3 is 0 Å². The fourth-order valence-electron chi connectivity index (χ4n) is 2.51. The van der Waals surface area contributed by atoms with E-state index in [0.717, 1.165) is 12.1 Å². The van der Waals surface area contributed by atoms with Gasteiger partial charge in [-0.05, 0) is 31.9 Å². The molecule has 0 bridgehead atoms. The van der Waals surface area contributed by atoms with E-state index in [2.05, 4.69) is 5.32 Å². The number of nitrogens with zero attached hydrogens (tertiary/aromatic N) is 1. The zero-order chi connectivity index (χ0) is 14.9. The van der Waals surface area contributed by atoms with Crippen molar-refractivity contribution in [2.24, 2.45) is 0 Å². The Kier molecular flexibility index (Phi) is 3.94. The lowest BCUT2D eigenvalue weighted by Crippen LogP contribution is -2.48. The molecule has 1 unspecified atom stereocenters. The van der Waals surface area contributed by atoms with Crippen LogP contribution in [0.15, 0.2) is 12.1 Å². The molecule has 0 spiro atoms. The highest BCUT2D eigenvalue weighted by Gasteiger charge is 2.31. The van der Waals surface area contributed by atoms with Gasteiger partial charge in [-0.3, -0.25) is 4.79 Å². The quantitative estimate of drug-likeness (QED) is 0.873. The number of likely N-dealkylation sites (tertiary alicyclic amines) is 1. The van der Waals surface area contributed by atoms with Crippen molar-refractivity contribution in [1.82, 2.24) is 4.90 Å². The monoisotopic (exact) mass is 284 g/mol. The van der Waals surface area contributed by atoms with Crippen LogP contribution in [-0.2, 0) is 0 Å². The molecule has 0 radical (unpaired) electrons. The van der Waals surface area contributed by atoms with E-state index < -0.39 is 23.1 Å². The Morgan fingerprint density at radius 3 is 2.50 bits per heavy atom. The minimum absolute atomic E-state index is 0.0447. The minimum atomic E-state index is -0.948. The van der Waals surface area contributed by atoms with E-state index >= 15 is 0 Å². The molecule has 0 aromatic heterocycles. The van der Waals surface area contributed by atoms with E-state index in [1.165, 1.54) is 11.9 Å². The Hall–Kier alpha value is -1.69. The highest BCUT2D eigenvalue weighted by Crippen LogP contribution is 2.24. The Bertz CT molecular complexity index is 509. The van der Waals surface area contributed by atoms with Crippen molar-refractivity contribution >= 4 is 11.6 Å². The first-order valence-corrected chi connectivity index (χ1v) is 6.52. The standard InChI is InChI=1S/C14H18F2N2O2/c1-14(20)4-3-5-18(8-14)13(19)9-6-10(15)12(17-2)11(16)7-9/h6-7,17,20H,3-5,8H2,1-2H3. The van der Waals surface area contributed by atoms with Gasteiger partial charge in [-0.2, -0.15) is 0 Å². The number of β-amino-alcohol motifs (C(OH)–C–C–N with tert-alkyl or cyclic N) is 1. The van der Waals surface area contributed by atoms with Crippen LogP contribution in [0.4, 0.5) is 14.5 Å². The molecule has 6 heteroatoms. The summed E-state index contributed by atoms with van der Waals surface area (Å²) >= 11 is 0. The number of benzene rings is 1. The smallest absolute Gasteiger partial charge is 0.254 e. The van der Waals surface area contributed by atoms with Crippen LogP contribution in [-0.4, -0.2) is 41.7 Å². The van der Waals surface area contributed by atoms with E-state index in [1.807, 2.05) is 0 Å². The molecule has 4 nitrogen and oxygen atoms in total. The lowest BCUT2D eigenvalue weighted by Gasteiger charge is -2.36. The Balaban J connectivity index is 2.25. The number of carbonyl (C=O) groups excluding carboxylic acids is 1. The molecule has 0 saturated carbocycles. The van der Waals surface area contributed by atoms with Gasteiger partial charge in [0.15, 0.2) is 0 Å². The molecule has 1 heterocycles. The summed E-state index contributed by atoms with van der Waals surface area (Å²) in [7, 11) is 1.41. The number of hydrogen-bond donors (Lipinski definition) is 2. The molecule has 1 aromatic carbocycles. The number of anilines is 1. The average Bonchev–Trinajstić information content (AvgIpc) is 2.36. The first-order chi connectivity index (χ1) is 9.34. The summed E-state index contributed by atoms with van der Waals surface area (Å²) in [6, 6.07) is 2.03. The summed E-state index contributed by atoms with van der Waals surface area (Å²) < 4.78 is 27.3. The number of nitrogens with one attached hydrogen (secondary N) is 1. The van der Waals surface area contributed by atoms with Crippen molar-refractivity contribution in [3.63, 3.8) is 0 Å². The van der Waals surface area contributed by atoms with E-state index in [1.54, 1.807) is 6.92 Å². The molecule has 1 aliphatic rings. The van der Waals surface area contributed by atoms with Gasteiger partial charge < -0.3 is 15.3 Å². The fourth-order valence-corrected chi connectivity index (χ4v) is 2.51. The summed E-state index contributed by atoms with van der Waals surface area (Å²) in [5, 5.41) is 12.4. The van der Waals surface area contributed by atoms with Crippen LogP contribution in [0.1, 0.15) is 30.1 Å². The number of aliphatic hydroxyl groups is 1. The predicted molar refractivity (Wildman–Crippen MR) is 71.7 cm³/mol. The molecular formula is C14H18F2N2O2. The second-order valence-electron chi connectivity index (χ2n) is 5.39. The molecule has 1 fully saturated rings. The zero-order valence-electron chi connectivity index (χ0n) is 11.5. The first-order valence-electron chi connectivity index (χ1n) is 6.52. The second-order valence-corrected chi connectivity index (χ2v) is 5.39. The van der Waals surface area contributed by atoms with E-state index in [0.29, 0.717) is 19.4 Å². The normalized spacial score (nSPS) is 22.8. The SMILES string of the molecule is CNc1c(F)cc(C(=O)N2CCCC(C)(O)C2)cc1F. The molecule has 2 rings (SSSR count). The highest BCUT2D eigenvalue weighted by molar-refractivity contribution is 5.94. The molecule has 1 atom stereocenters.